The number of aliphatic carboxylic acids is 1. The maximum atomic E-state index is 10.6. The molecule has 4 nitrogen and oxygen atoms in total. The third kappa shape index (κ3) is 3.90. The summed E-state index contributed by atoms with van der Waals surface area (Å²) < 4.78 is 0. The maximum Gasteiger partial charge on any atom is 0.328 e. The minimum absolute atomic E-state index is 0.622. The molecule has 1 aromatic rings. The topological polar surface area (TPSA) is 53.4 Å². The largest absolute Gasteiger partial charge is 0.478 e. The van der Waals surface area contributed by atoms with Crippen LogP contribution >= 0.6 is 0 Å². The van der Waals surface area contributed by atoms with Gasteiger partial charge in [0.1, 0.15) is 5.82 Å². The maximum absolute atomic E-state index is 10.6. The molecule has 0 aliphatic carbocycles. The molecule has 0 fully saturated rings. The number of carboxylic acids is 1. The van der Waals surface area contributed by atoms with Gasteiger partial charge in [-0.25, -0.2) is 9.78 Å². The van der Waals surface area contributed by atoms with Crippen LogP contribution in [0.15, 0.2) is 49.7 Å². The highest BCUT2D eigenvalue weighted by molar-refractivity contribution is 5.86. The van der Waals surface area contributed by atoms with Crippen molar-refractivity contribution in [1.82, 2.24) is 4.98 Å². The first-order chi connectivity index (χ1) is 8.69. The van der Waals surface area contributed by atoms with E-state index in [9.17, 15) is 4.79 Å². The SMILES string of the molecule is C=CCN(CC=C)c1ncccc1/C=C/C(=O)O. The number of aromatic nitrogens is 1. The Labute approximate surface area is 107 Å². The zero-order valence-electron chi connectivity index (χ0n) is 10.1. The molecule has 18 heavy (non-hydrogen) atoms. The molecule has 0 amide bonds. The smallest absolute Gasteiger partial charge is 0.328 e. The summed E-state index contributed by atoms with van der Waals surface area (Å²) in [5.41, 5.74) is 0.753. The van der Waals surface area contributed by atoms with Crippen LogP contribution in [0.4, 0.5) is 5.82 Å². The number of hydrogen-bond acceptors (Lipinski definition) is 3. The van der Waals surface area contributed by atoms with Crippen LogP contribution in [0.3, 0.4) is 0 Å². The summed E-state index contributed by atoms with van der Waals surface area (Å²) in [6.07, 6.45) is 7.84. The molecular weight excluding hydrogens is 228 g/mol. The fraction of sp³-hybridized carbons (Fsp3) is 0.143. The summed E-state index contributed by atoms with van der Waals surface area (Å²) in [6.45, 7) is 8.64. The van der Waals surface area contributed by atoms with Crippen molar-refractivity contribution in [3.05, 3.63) is 55.3 Å². The minimum atomic E-state index is -0.983. The molecule has 0 bridgehead atoms. The van der Waals surface area contributed by atoms with E-state index < -0.39 is 5.97 Å². The van der Waals surface area contributed by atoms with Gasteiger partial charge in [-0.2, -0.15) is 0 Å². The predicted octanol–water partition coefficient (Wildman–Crippen LogP) is 2.36. The molecule has 94 valence electrons. The predicted molar refractivity (Wildman–Crippen MR) is 73.5 cm³/mol. The number of anilines is 1. The Kier molecular flexibility index (Phi) is 5.38. The molecule has 0 atom stereocenters. The molecule has 0 aliphatic rings. The molecule has 0 saturated heterocycles. The second-order valence-electron chi connectivity index (χ2n) is 3.57. The van der Waals surface area contributed by atoms with Crippen LogP contribution in [0.1, 0.15) is 5.56 Å². The summed E-state index contributed by atoms with van der Waals surface area (Å²) >= 11 is 0. The second kappa shape index (κ2) is 7.06. The van der Waals surface area contributed by atoms with Crippen LogP contribution in [0, 0.1) is 0 Å². The Hall–Kier alpha value is -2.36. The van der Waals surface area contributed by atoms with Crippen LogP contribution in [0.25, 0.3) is 6.08 Å². The Morgan fingerprint density at radius 2 is 2.06 bits per heavy atom. The van der Waals surface area contributed by atoms with Crippen molar-refractivity contribution in [2.45, 2.75) is 0 Å². The molecule has 1 N–H and O–H groups in total. The Morgan fingerprint density at radius 1 is 1.39 bits per heavy atom. The van der Waals surface area contributed by atoms with Gasteiger partial charge in [0.05, 0.1) is 0 Å². The summed E-state index contributed by atoms with van der Waals surface area (Å²) in [5, 5.41) is 8.66. The normalized spacial score (nSPS) is 10.2. The number of rotatable bonds is 7. The molecule has 0 aliphatic heterocycles. The van der Waals surface area contributed by atoms with E-state index in [1.54, 1.807) is 24.4 Å². The third-order valence-electron chi connectivity index (χ3n) is 2.22. The fourth-order valence-corrected chi connectivity index (χ4v) is 1.52. The van der Waals surface area contributed by atoms with Gasteiger partial charge in [0.25, 0.3) is 0 Å². The molecular formula is C14H16N2O2. The van der Waals surface area contributed by atoms with Crippen molar-refractivity contribution < 1.29 is 9.90 Å². The summed E-state index contributed by atoms with van der Waals surface area (Å²) in [5.74, 6) is -0.265. The van der Waals surface area contributed by atoms with Gasteiger partial charge in [0.15, 0.2) is 0 Å². The molecule has 0 saturated carbocycles. The lowest BCUT2D eigenvalue weighted by molar-refractivity contribution is -0.131. The average Bonchev–Trinajstić information content (AvgIpc) is 2.36. The molecule has 0 unspecified atom stereocenters. The quantitative estimate of drug-likeness (QED) is 0.591. The van der Waals surface area contributed by atoms with Crippen molar-refractivity contribution >= 4 is 17.9 Å². The van der Waals surface area contributed by atoms with E-state index in [-0.39, 0.29) is 0 Å². The van der Waals surface area contributed by atoms with E-state index in [0.29, 0.717) is 13.1 Å². The second-order valence-corrected chi connectivity index (χ2v) is 3.57. The molecule has 0 spiro atoms. The van der Waals surface area contributed by atoms with Crippen LogP contribution in [0.2, 0.25) is 0 Å². The standard InChI is InChI=1S/C14H16N2O2/c1-3-10-16(11-4-2)14-12(6-5-9-15-14)7-8-13(17)18/h3-9H,1-2,10-11H2,(H,17,18)/b8-7+. The van der Waals surface area contributed by atoms with Crippen molar-refractivity contribution in [3.8, 4) is 0 Å². The van der Waals surface area contributed by atoms with E-state index in [1.807, 2.05) is 11.0 Å². The molecule has 1 heterocycles. The number of nitrogens with zero attached hydrogens (tertiary/aromatic N) is 2. The number of carboxylic acid groups (broad SMARTS) is 1. The van der Waals surface area contributed by atoms with E-state index in [2.05, 4.69) is 18.1 Å². The Bertz CT molecular complexity index is 457. The minimum Gasteiger partial charge on any atom is -0.478 e. The van der Waals surface area contributed by atoms with Gasteiger partial charge < -0.3 is 10.0 Å². The first kappa shape index (κ1) is 13.7. The van der Waals surface area contributed by atoms with Crippen molar-refractivity contribution in [2.75, 3.05) is 18.0 Å². The first-order valence-corrected chi connectivity index (χ1v) is 5.51. The zero-order valence-corrected chi connectivity index (χ0v) is 10.1. The number of hydrogen-bond donors (Lipinski definition) is 1. The van der Waals surface area contributed by atoms with Gasteiger partial charge in [0, 0.05) is 30.9 Å². The first-order valence-electron chi connectivity index (χ1n) is 5.51. The molecule has 1 rings (SSSR count). The zero-order chi connectivity index (χ0) is 13.4. The van der Waals surface area contributed by atoms with Crippen LogP contribution in [0.5, 0.6) is 0 Å². The van der Waals surface area contributed by atoms with Crippen LogP contribution in [-0.4, -0.2) is 29.1 Å². The van der Waals surface area contributed by atoms with E-state index in [0.717, 1.165) is 17.5 Å². The van der Waals surface area contributed by atoms with Crippen molar-refractivity contribution in [2.24, 2.45) is 0 Å². The highest BCUT2D eigenvalue weighted by Crippen LogP contribution is 2.18. The van der Waals surface area contributed by atoms with E-state index in [4.69, 9.17) is 5.11 Å². The molecule has 4 heteroatoms. The lowest BCUT2D eigenvalue weighted by atomic mass is 10.2. The van der Waals surface area contributed by atoms with Gasteiger partial charge in [-0.15, -0.1) is 13.2 Å². The third-order valence-corrected chi connectivity index (χ3v) is 2.22. The molecule has 0 radical (unpaired) electrons. The fourth-order valence-electron chi connectivity index (χ4n) is 1.52. The van der Waals surface area contributed by atoms with E-state index >= 15 is 0 Å². The van der Waals surface area contributed by atoms with Crippen LogP contribution in [-0.2, 0) is 4.79 Å². The van der Waals surface area contributed by atoms with E-state index in [1.165, 1.54) is 6.08 Å². The summed E-state index contributed by atoms with van der Waals surface area (Å²) in [6, 6.07) is 3.59. The Balaban J connectivity index is 3.08. The summed E-state index contributed by atoms with van der Waals surface area (Å²) in [7, 11) is 0. The monoisotopic (exact) mass is 244 g/mol. The Morgan fingerprint density at radius 3 is 2.61 bits per heavy atom. The summed E-state index contributed by atoms with van der Waals surface area (Å²) in [4.78, 5) is 16.8. The number of pyridine rings is 1. The van der Waals surface area contributed by atoms with Crippen molar-refractivity contribution in [1.29, 1.82) is 0 Å². The van der Waals surface area contributed by atoms with Gasteiger partial charge in [0.2, 0.25) is 0 Å². The highest BCUT2D eigenvalue weighted by Gasteiger charge is 2.08. The molecule has 1 aromatic heterocycles. The van der Waals surface area contributed by atoms with Crippen LogP contribution < -0.4 is 4.90 Å². The lowest BCUT2D eigenvalue weighted by Crippen LogP contribution is -2.24. The van der Waals surface area contributed by atoms with Gasteiger partial charge in [-0.05, 0) is 18.2 Å². The van der Waals surface area contributed by atoms with Crippen molar-refractivity contribution in [3.63, 3.8) is 0 Å². The molecule has 0 aromatic carbocycles. The van der Waals surface area contributed by atoms with Gasteiger partial charge >= 0.3 is 5.97 Å². The van der Waals surface area contributed by atoms with Gasteiger partial charge in [-0.1, -0.05) is 12.2 Å². The number of carbonyl (C=O) groups is 1. The average molecular weight is 244 g/mol. The van der Waals surface area contributed by atoms with Gasteiger partial charge in [-0.3, -0.25) is 0 Å². The lowest BCUT2D eigenvalue weighted by Gasteiger charge is -2.22. The highest BCUT2D eigenvalue weighted by atomic mass is 16.4.